The summed E-state index contributed by atoms with van der Waals surface area (Å²) in [5, 5.41) is 0. The Labute approximate surface area is 133 Å². The smallest absolute Gasteiger partial charge is 0.233 e. The van der Waals surface area contributed by atoms with Gasteiger partial charge in [-0.1, -0.05) is 41.5 Å². The average molecular weight is 318 g/mol. The molecular weight excluding hydrogens is 288 g/mol. The van der Waals surface area contributed by atoms with Crippen molar-refractivity contribution in [1.82, 2.24) is 0 Å². The van der Waals surface area contributed by atoms with E-state index in [1.54, 1.807) is 0 Å². The van der Waals surface area contributed by atoms with Gasteiger partial charge in [0.1, 0.15) is 0 Å². The highest BCUT2D eigenvalue weighted by Crippen LogP contribution is 2.53. The molecule has 0 aromatic heterocycles. The SMILES string of the molecule is CC(C)(C)COOC1(OOCC(C)(C)C)CCCCC12OO2. The second kappa shape index (κ2) is 6.34. The van der Waals surface area contributed by atoms with Gasteiger partial charge in [0.05, 0.1) is 13.2 Å². The van der Waals surface area contributed by atoms with E-state index in [9.17, 15) is 0 Å². The van der Waals surface area contributed by atoms with E-state index in [1.807, 2.05) is 0 Å². The van der Waals surface area contributed by atoms with E-state index in [-0.39, 0.29) is 10.8 Å². The molecule has 0 aromatic carbocycles. The van der Waals surface area contributed by atoms with E-state index >= 15 is 0 Å². The molecule has 0 bridgehead atoms. The van der Waals surface area contributed by atoms with Gasteiger partial charge in [0.25, 0.3) is 11.6 Å². The van der Waals surface area contributed by atoms with Crippen molar-refractivity contribution in [2.45, 2.75) is 78.8 Å². The summed E-state index contributed by atoms with van der Waals surface area (Å²) in [4.78, 5) is 32.6. The van der Waals surface area contributed by atoms with Crippen LogP contribution in [0.1, 0.15) is 67.2 Å². The molecule has 6 nitrogen and oxygen atoms in total. The van der Waals surface area contributed by atoms with Gasteiger partial charge in [-0.05, 0) is 23.7 Å². The Balaban J connectivity index is 1.98. The quantitative estimate of drug-likeness (QED) is 0.320. The molecule has 0 N–H and O–H groups in total. The van der Waals surface area contributed by atoms with Gasteiger partial charge >= 0.3 is 0 Å². The second-order valence-corrected chi connectivity index (χ2v) is 8.69. The van der Waals surface area contributed by atoms with Crippen LogP contribution in [-0.2, 0) is 29.3 Å². The maximum absolute atomic E-state index is 5.64. The Morgan fingerprint density at radius 2 is 1.23 bits per heavy atom. The fourth-order valence-corrected chi connectivity index (χ4v) is 2.18. The molecule has 1 heterocycles. The molecular formula is C16H30O6. The number of hydrogen-bond donors (Lipinski definition) is 0. The lowest BCUT2D eigenvalue weighted by Gasteiger charge is -2.36. The normalized spacial score (nSPS) is 23.7. The Kier molecular flexibility index (Phi) is 5.22. The molecule has 0 amide bonds. The fourth-order valence-electron chi connectivity index (χ4n) is 2.18. The summed E-state index contributed by atoms with van der Waals surface area (Å²) in [6.07, 6.45) is 3.23. The molecule has 2 fully saturated rings. The van der Waals surface area contributed by atoms with Crippen LogP contribution in [0.25, 0.3) is 0 Å². The fraction of sp³-hybridized carbons (Fsp3) is 1.00. The zero-order chi connectivity index (χ0) is 16.5. The van der Waals surface area contributed by atoms with E-state index in [0.29, 0.717) is 26.1 Å². The molecule has 1 spiro atoms. The summed E-state index contributed by atoms with van der Waals surface area (Å²) < 4.78 is 0. The molecule has 1 aliphatic carbocycles. The monoisotopic (exact) mass is 318 g/mol. The predicted molar refractivity (Wildman–Crippen MR) is 79.1 cm³/mol. The minimum absolute atomic E-state index is 0.0133. The van der Waals surface area contributed by atoms with Gasteiger partial charge in [0, 0.05) is 12.8 Å². The molecule has 6 heteroatoms. The van der Waals surface area contributed by atoms with Crippen LogP contribution < -0.4 is 0 Å². The van der Waals surface area contributed by atoms with Crippen LogP contribution >= 0.6 is 0 Å². The third kappa shape index (κ3) is 4.63. The Hall–Kier alpha value is -0.240. The highest BCUT2D eigenvalue weighted by atomic mass is 17.4. The van der Waals surface area contributed by atoms with Crippen molar-refractivity contribution in [3.63, 3.8) is 0 Å². The van der Waals surface area contributed by atoms with E-state index in [4.69, 9.17) is 29.3 Å². The molecule has 0 aromatic rings. The zero-order valence-corrected chi connectivity index (χ0v) is 14.7. The van der Waals surface area contributed by atoms with Crippen LogP contribution in [0.15, 0.2) is 0 Å². The van der Waals surface area contributed by atoms with Crippen LogP contribution in [0.2, 0.25) is 0 Å². The maximum atomic E-state index is 5.64. The van der Waals surface area contributed by atoms with Gasteiger partial charge in [-0.3, -0.25) is 0 Å². The first-order valence-corrected chi connectivity index (χ1v) is 8.06. The molecule has 2 rings (SSSR count). The summed E-state index contributed by atoms with van der Waals surface area (Å²) in [7, 11) is 0. The summed E-state index contributed by atoms with van der Waals surface area (Å²) >= 11 is 0. The van der Waals surface area contributed by atoms with Gasteiger partial charge in [-0.15, -0.1) is 0 Å². The van der Waals surface area contributed by atoms with E-state index < -0.39 is 11.6 Å². The van der Waals surface area contributed by atoms with E-state index in [0.717, 1.165) is 12.8 Å². The lowest BCUT2D eigenvalue weighted by Crippen LogP contribution is -2.52. The van der Waals surface area contributed by atoms with Crippen LogP contribution in [0, 0.1) is 10.8 Å². The van der Waals surface area contributed by atoms with Gasteiger partial charge in [-0.25, -0.2) is 9.78 Å². The van der Waals surface area contributed by atoms with Crippen molar-refractivity contribution in [3.05, 3.63) is 0 Å². The summed E-state index contributed by atoms with van der Waals surface area (Å²) in [5.74, 6) is -2.07. The Bertz CT molecular complexity index is 344. The highest BCUT2D eigenvalue weighted by Gasteiger charge is 2.71. The van der Waals surface area contributed by atoms with Crippen molar-refractivity contribution < 1.29 is 29.3 Å². The molecule has 1 saturated carbocycles. The first-order valence-electron chi connectivity index (χ1n) is 8.06. The lowest BCUT2D eigenvalue weighted by molar-refractivity contribution is -0.536. The predicted octanol–water partition coefficient (Wildman–Crippen LogP) is 3.90. The van der Waals surface area contributed by atoms with E-state index in [1.165, 1.54) is 0 Å². The second-order valence-electron chi connectivity index (χ2n) is 8.69. The molecule has 2 aliphatic rings. The number of hydrogen-bond acceptors (Lipinski definition) is 6. The van der Waals surface area contributed by atoms with Crippen LogP contribution in [0.4, 0.5) is 0 Å². The van der Waals surface area contributed by atoms with Crippen molar-refractivity contribution in [2.24, 2.45) is 10.8 Å². The summed E-state index contributed by atoms with van der Waals surface area (Å²) in [6.45, 7) is 13.3. The van der Waals surface area contributed by atoms with Crippen molar-refractivity contribution in [2.75, 3.05) is 13.2 Å². The first-order chi connectivity index (χ1) is 10.1. The third-order valence-electron chi connectivity index (χ3n) is 3.50. The molecule has 1 aliphatic heterocycles. The van der Waals surface area contributed by atoms with Crippen LogP contribution in [-0.4, -0.2) is 24.8 Å². The van der Waals surface area contributed by atoms with Gasteiger partial charge in [0.15, 0.2) is 0 Å². The largest absolute Gasteiger partial charge is 0.292 e. The van der Waals surface area contributed by atoms with Gasteiger partial charge in [0.2, 0.25) is 0 Å². The molecule has 0 radical (unpaired) electrons. The molecule has 0 unspecified atom stereocenters. The molecule has 0 atom stereocenters. The summed E-state index contributed by atoms with van der Waals surface area (Å²) in [5.41, 5.74) is -0.0267. The van der Waals surface area contributed by atoms with Crippen molar-refractivity contribution in [1.29, 1.82) is 0 Å². The average Bonchev–Trinajstić information content (AvgIpc) is 3.11. The lowest BCUT2D eigenvalue weighted by atomic mass is 9.89. The maximum Gasteiger partial charge on any atom is 0.292 e. The van der Waals surface area contributed by atoms with Crippen LogP contribution in [0.5, 0.6) is 0 Å². The molecule has 1 saturated heterocycles. The third-order valence-corrected chi connectivity index (χ3v) is 3.50. The van der Waals surface area contributed by atoms with Gasteiger partial charge < -0.3 is 0 Å². The standard InChI is InChI=1S/C16H30O6/c1-13(2,3)11-17-19-15(20-18-12-14(4,5)6)9-7-8-10-16(15)21-22-16/h7-12H2,1-6H3. The first kappa shape index (κ1) is 18.1. The Morgan fingerprint density at radius 1 is 0.773 bits per heavy atom. The topological polar surface area (TPSA) is 62.0 Å². The Morgan fingerprint density at radius 3 is 1.64 bits per heavy atom. The highest BCUT2D eigenvalue weighted by molar-refractivity contribution is 4.95. The van der Waals surface area contributed by atoms with E-state index in [2.05, 4.69) is 41.5 Å². The van der Waals surface area contributed by atoms with Crippen molar-refractivity contribution in [3.8, 4) is 0 Å². The number of rotatable bonds is 6. The minimum atomic E-state index is -1.16. The zero-order valence-electron chi connectivity index (χ0n) is 14.7. The summed E-state index contributed by atoms with van der Waals surface area (Å²) in [6, 6.07) is 0. The van der Waals surface area contributed by atoms with Crippen LogP contribution in [0.3, 0.4) is 0 Å². The molecule has 22 heavy (non-hydrogen) atoms. The molecule has 130 valence electrons. The van der Waals surface area contributed by atoms with Gasteiger partial charge in [-0.2, -0.15) is 19.6 Å². The minimum Gasteiger partial charge on any atom is -0.233 e. The van der Waals surface area contributed by atoms with Crippen molar-refractivity contribution >= 4 is 0 Å².